The summed E-state index contributed by atoms with van der Waals surface area (Å²) in [5.41, 5.74) is 7.85. The predicted molar refractivity (Wildman–Crippen MR) is 145 cm³/mol. The van der Waals surface area contributed by atoms with Crippen LogP contribution in [0, 0.1) is 0 Å². The second kappa shape index (κ2) is 9.68. The van der Waals surface area contributed by atoms with Crippen LogP contribution in [0.3, 0.4) is 0 Å². The highest BCUT2D eigenvalue weighted by molar-refractivity contribution is 7.21. The lowest BCUT2D eigenvalue weighted by Crippen LogP contribution is -2.55. The summed E-state index contributed by atoms with van der Waals surface area (Å²) in [5.74, 6) is -1.22. The highest BCUT2D eigenvalue weighted by Crippen LogP contribution is 2.37. The number of benzene rings is 2. The number of hydrogen-bond acceptors (Lipinski definition) is 6. The zero-order valence-corrected chi connectivity index (χ0v) is 22.2. The number of nitrogens with two attached hydrogens (primary N) is 1. The molecule has 3 aromatic rings. The molecule has 3 heterocycles. The molecule has 3 N–H and O–H groups in total. The maximum absolute atomic E-state index is 13.1. The van der Waals surface area contributed by atoms with Crippen molar-refractivity contribution in [2.24, 2.45) is 5.73 Å². The SMILES string of the molecule is C=C(CN1Cc2c(cccc2-c2nc3ccc(C(=O)NC(C)(C)C(=O)N4CCCC4)cc3s2)C1=O)C(N)=O. The second-order valence-electron chi connectivity index (χ2n) is 10.2. The number of fused-ring (bicyclic) bond motifs is 2. The highest BCUT2D eigenvalue weighted by atomic mass is 32.1. The lowest BCUT2D eigenvalue weighted by atomic mass is 10.0. The molecule has 0 aliphatic carbocycles. The summed E-state index contributed by atoms with van der Waals surface area (Å²) in [5, 5.41) is 3.61. The number of nitrogens with one attached hydrogen (secondary N) is 1. The Labute approximate surface area is 224 Å². The Balaban J connectivity index is 1.38. The Morgan fingerprint density at radius 3 is 2.55 bits per heavy atom. The number of hydrogen-bond donors (Lipinski definition) is 2. The summed E-state index contributed by atoms with van der Waals surface area (Å²) in [6, 6.07) is 10.7. The lowest BCUT2D eigenvalue weighted by molar-refractivity contribution is -0.135. The van der Waals surface area contributed by atoms with Crippen molar-refractivity contribution < 1.29 is 19.2 Å². The minimum absolute atomic E-state index is 0.0667. The minimum Gasteiger partial charge on any atom is -0.366 e. The van der Waals surface area contributed by atoms with Crippen molar-refractivity contribution in [2.75, 3.05) is 19.6 Å². The molecule has 5 rings (SSSR count). The fraction of sp³-hybridized carbons (Fsp3) is 0.321. The van der Waals surface area contributed by atoms with Crippen LogP contribution in [0.4, 0.5) is 0 Å². The molecule has 0 saturated carbocycles. The maximum atomic E-state index is 13.1. The van der Waals surface area contributed by atoms with Gasteiger partial charge in [0.1, 0.15) is 10.5 Å². The first-order chi connectivity index (χ1) is 18.0. The van der Waals surface area contributed by atoms with Crippen LogP contribution in [0.5, 0.6) is 0 Å². The monoisotopic (exact) mass is 531 g/mol. The van der Waals surface area contributed by atoms with Crippen LogP contribution < -0.4 is 11.1 Å². The molecule has 0 radical (unpaired) electrons. The van der Waals surface area contributed by atoms with Gasteiger partial charge >= 0.3 is 0 Å². The average Bonchev–Trinajstić information content (AvgIpc) is 3.62. The van der Waals surface area contributed by atoms with E-state index in [4.69, 9.17) is 10.7 Å². The number of aromatic nitrogens is 1. The molecule has 10 heteroatoms. The largest absolute Gasteiger partial charge is 0.366 e. The summed E-state index contributed by atoms with van der Waals surface area (Å²) < 4.78 is 0.817. The summed E-state index contributed by atoms with van der Waals surface area (Å²) in [7, 11) is 0. The molecule has 2 aromatic carbocycles. The molecular formula is C28H29N5O4S. The topological polar surface area (TPSA) is 126 Å². The fourth-order valence-electron chi connectivity index (χ4n) is 4.93. The number of nitrogens with zero attached hydrogens (tertiary/aromatic N) is 3. The van der Waals surface area contributed by atoms with Gasteiger partial charge in [0.15, 0.2) is 0 Å². The quantitative estimate of drug-likeness (QED) is 0.453. The first-order valence-corrected chi connectivity index (χ1v) is 13.3. The van der Waals surface area contributed by atoms with Crippen LogP contribution in [0.2, 0.25) is 0 Å². The minimum atomic E-state index is -1.02. The van der Waals surface area contributed by atoms with E-state index in [9.17, 15) is 19.2 Å². The van der Waals surface area contributed by atoms with Gasteiger partial charge in [0, 0.05) is 41.9 Å². The van der Waals surface area contributed by atoms with Gasteiger partial charge in [-0.3, -0.25) is 19.2 Å². The molecule has 0 spiro atoms. The molecule has 0 atom stereocenters. The van der Waals surface area contributed by atoms with Gasteiger partial charge in [-0.05, 0) is 56.5 Å². The van der Waals surface area contributed by atoms with Gasteiger partial charge in [-0.2, -0.15) is 0 Å². The van der Waals surface area contributed by atoms with E-state index in [2.05, 4.69) is 11.9 Å². The van der Waals surface area contributed by atoms with E-state index in [1.54, 1.807) is 47.9 Å². The zero-order chi connectivity index (χ0) is 27.2. The number of thiazole rings is 1. The third-order valence-corrected chi connectivity index (χ3v) is 8.06. The third-order valence-electron chi connectivity index (χ3n) is 7.01. The number of primary amides is 1. The van der Waals surface area contributed by atoms with Gasteiger partial charge in [0.05, 0.1) is 16.8 Å². The Morgan fingerprint density at radius 1 is 1.13 bits per heavy atom. The molecular weight excluding hydrogens is 502 g/mol. The lowest BCUT2D eigenvalue weighted by Gasteiger charge is -2.30. The fourth-order valence-corrected chi connectivity index (χ4v) is 5.99. The summed E-state index contributed by atoms with van der Waals surface area (Å²) in [4.78, 5) is 58.4. The number of rotatable bonds is 7. The molecule has 9 nitrogen and oxygen atoms in total. The summed E-state index contributed by atoms with van der Waals surface area (Å²) in [6.45, 7) is 8.96. The van der Waals surface area contributed by atoms with Gasteiger partial charge < -0.3 is 20.9 Å². The van der Waals surface area contributed by atoms with Gasteiger partial charge in [-0.25, -0.2) is 4.98 Å². The number of carbonyl (C=O) groups is 4. The second-order valence-corrected chi connectivity index (χ2v) is 11.3. The van der Waals surface area contributed by atoms with E-state index in [1.807, 2.05) is 12.1 Å². The van der Waals surface area contributed by atoms with E-state index < -0.39 is 11.4 Å². The molecule has 38 heavy (non-hydrogen) atoms. The highest BCUT2D eigenvalue weighted by Gasteiger charge is 2.35. The Morgan fingerprint density at radius 2 is 1.84 bits per heavy atom. The molecule has 1 aromatic heterocycles. The van der Waals surface area contributed by atoms with Gasteiger partial charge in [0.25, 0.3) is 11.8 Å². The van der Waals surface area contributed by atoms with E-state index in [0.717, 1.165) is 52.3 Å². The van der Waals surface area contributed by atoms with E-state index >= 15 is 0 Å². The first kappa shape index (κ1) is 25.6. The molecule has 1 saturated heterocycles. The third kappa shape index (κ3) is 4.67. The average molecular weight is 532 g/mol. The Hall–Kier alpha value is -4.05. The normalized spacial score (nSPS) is 15.2. The van der Waals surface area contributed by atoms with Crippen molar-refractivity contribution in [1.29, 1.82) is 0 Å². The molecule has 0 bridgehead atoms. The van der Waals surface area contributed by atoms with Crippen LogP contribution in [-0.4, -0.2) is 63.6 Å². The molecule has 4 amide bonds. The molecule has 2 aliphatic rings. The van der Waals surface area contributed by atoms with Crippen LogP contribution in [0.1, 0.15) is 53.0 Å². The van der Waals surface area contributed by atoms with Crippen molar-refractivity contribution in [3.8, 4) is 10.6 Å². The standard InChI is InChI=1S/C28H29N5O4S/c1-16(23(29)34)14-33-15-20-18(7-6-8-19(20)26(33)36)25-30-21-10-9-17(13-22(21)38-25)24(35)31-28(2,3)27(37)32-11-4-5-12-32/h6-10,13H,1,4-5,11-12,14-15H2,2-3H3,(H2,29,34)(H,31,35). The Bertz CT molecular complexity index is 1500. The summed E-state index contributed by atoms with van der Waals surface area (Å²) >= 11 is 1.43. The summed E-state index contributed by atoms with van der Waals surface area (Å²) in [6.07, 6.45) is 1.97. The zero-order valence-electron chi connectivity index (χ0n) is 21.4. The van der Waals surface area contributed by atoms with Crippen molar-refractivity contribution in [3.05, 3.63) is 65.2 Å². The molecule has 2 aliphatic heterocycles. The van der Waals surface area contributed by atoms with Crippen molar-refractivity contribution in [1.82, 2.24) is 20.1 Å². The van der Waals surface area contributed by atoms with E-state index in [-0.39, 0.29) is 29.8 Å². The number of carbonyl (C=O) groups excluding carboxylic acids is 4. The maximum Gasteiger partial charge on any atom is 0.254 e. The number of likely N-dealkylation sites (tertiary alicyclic amines) is 1. The molecule has 196 valence electrons. The Kier molecular flexibility index (Phi) is 6.52. The van der Waals surface area contributed by atoms with Crippen LogP contribution in [0.15, 0.2) is 48.6 Å². The van der Waals surface area contributed by atoms with Crippen molar-refractivity contribution >= 4 is 45.2 Å². The van der Waals surface area contributed by atoms with Gasteiger partial charge in [0.2, 0.25) is 11.8 Å². The van der Waals surface area contributed by atoms with Crippen molar-refractivity contribution in [3.63, 3.8) is 0 Å². The molecule has 0 unspecified atom stereocenters. The predicted octanol–water partition coefficient (Wildman–Crippen LogP) is 3.09. The van der Waals surface area contributed by atoms with Crippen molar-refractivity contribution in [2.45, 2.75) is 38.8 Å². The van der Waals surface area contributed by atoms with Crippen LogP contribution >= 0.6 is 11.3 Å². The van der Waals surface area contributed by atoms with Gasteiger partial charge in [-0.1, -0.05) is 18.7 Å². The smallest absolute Gasteiger partial charge is 0.254 e. The van der Waals surface area contributed by atoms with Crippen LogP contribution in [-0.2, 0) is 16.1 Å². The van der Waals surface area contributed by atoms with Gasteiger partial charge in [-0.15, -0.1) is 11.3 Å². The first-order valence-electron chi connectivity index (χ1n) is 12.5. The molecule has 1 fully saturated rings. The van der Waals surface area contributed by atoms with Crippen LogP contribution in [0.25, 0.3) is 20.8 Å². The van der Waals surface area contributed by atoms with E-state index in [1.165, 1.54) is 11.3 Å². The van der Waals surface area contributed by atoms with E-state index in [0.29, 0.717) is 17.7 Å². The number of amides is 4.